The first-order valence-corrected chi connectivity index (χ1v) is 2.49. The summed E-state index contributed by atoms with van der Waals surface area (Å²) in [6.45, 7) is 0.492. The second-order valence-electron chi connectivity index (χ2n) is 1.84. The molecule has 0 aliphatic carbocycles. The molecule has 3 nitrogen and oxygen atoms in total. The van der Waals surface area contributed by atoms with Gasteiger partial charge in [-0.15, -0.1) is 0 Å². The van der Waals surface area contributed by atoms with Gasteiger partial charge in [0.2, 0.25) is 0 Å². The molecule has 0 unspecified atom stereocenters. The van der Waals surface area contributed by atoms with E-state index in [0.717, 1.165) is 0 Å². The fourth-order valence-corrected chi connectivity index (χ4v) is 0.273. The van der Waals surface area contributed by atoms with Crippen molar-refractivity contribution < 1.29 is 9.90 Å². The van der Waals surface area contributed by atoms with E-state index in [2.05, 4.69) is 5.92 Å². The Bertz CT molecular complexity index is 157. The van der Waals surface area contributed by atoms with Crippen LogP contribution in [0.5, 0.6) is 0 Å². The van der Waals surface area contributed by atoms with Gasteiger partial charge >= 0.3 is 5.97 Å². The molecule has 0 aliphatic heterocycles. The fraction of sp³-hybridized carbons (Fsp3) is 0.500. The average molecular weight is 134 g/mol. The van der Waals surface area contributed by atoms with Crippen LogP contribution in [-0.4, -0.2) is 55.5 Å². The molecule has 0 aliphatic rings. The number of rotatable bonds is 1. The Kier molecular flexibility index (Phi) is 8.23. The maximum absolute atomic E-state index is 9.79. The van der Waals surface area contributed by atoms with Gasteiger partial charge in [-0.3, -0.25) is 4.90 Å². The Hall–Kier alpha value is -0.413. The van der Waals surface area contributed by atoms with Crippen LogP contribution in [0.25, 0.3) is 0 Å². The summed E-state index contributed by atoms with van der Waals surface area (Å²) in [6, 6.07) is 0. The normalized spacial score (nSPS) is 7.50. The summed E-state index contributed by atoms with van der Waals surface area (Å²) in [4.78, 5) is 11.6. The number of carboxylic acid groups (broad SMARTS) is 1. The SMILES string of the molecule is CN(C)CC#CC(=O)O.[Li]. The molecule has 0 heterocycles. The number of aliphatic carboxylic acids is 1. The van der Waals surface area contributed by atoms with Gasteiger partial charge in [-0.25, -0.2) is 4.79 Å². The van der Waals surface area contributed by atoms with Gasteiger partial charge < -0.3 is 5.11 Å². The third kappa shape index (κ3) is 10.5. The predicted molar refractivity (Wildman–Crippen MR) is 39.7 cm³/mol. The van der Waals surface area contributed by atoms with Crippen molar-refractivity contribution in [1.82, 2.24) is 4.90 Å². The molecule has 0 bridgehead atoms. The minimum Gasteiger partial charge on any atom is -0.472 e. The van der Waals surface area contributed by atoms with Gasteiger partial charge in [0.1, 0.15) is 0 Å². The van der Waals surface area contributed by atoms with E-state index in [1.54, 1.807) is 4.90 Å². The zero-order valence-electron chi connectivity index (χ0n) is 6.51. The van der Waals surface area contributed by atoms with Crippen molar-refractivity contribution in [3.63, 3.8) is 0 Å². The summed E-state index contributed by atoms with van der Waals surface area (Å²) in [5.74, 6) is 3.39. The molecule has 10 heavy (non-hydrogen) atoms. The van der Waals surface area contributed by atoms with Crippen molar-refractivity contribution in [2.75, 3.05) is 20.6 Å². The summed E-state index contributed by atoms with van der Waals surface area (Å²) < 4.78 is 0. The van der Waals surface area contributed by atoms with Crippen molar-refractivity contribution in [3.8, 4) is 11.8 Å². The molecule has 0 spiro atoms. The summed E-state index contributed by atoms with van der Waals surface area (Å²) in [5.41, 5.74) is 0. The van der Waals surface area contributed by atoms with Crippen molar-refractivity contribution in [2.45, 2.75) is 0 Å². The smallest absolute Gasteiger partial charge is 0.381 e. The van der Waals surface area contributed by atoms with E-state index < -0.39 is 5.97 Å². The van der Waals surface area contributed by atoms with E-state index in [0.29, 0.717) is 6.54 Å². The standard InChI is InChI=1S/C6H9NO2.Li/c1-7(2)5-3-4-6(8)9;/h5H2,1-2H3,(H,8,9);. The Morgan fingerprint density at radius 2 is 2.10 bits per heavy atom. The van der Waals surface area contributed by atoms with Gasteiger partial charge in [0.15, 0.2) is 0 Å². The van der Waals surface area contributed by atoms with E-state index in [-0.39, 0.29) is 18.9 Å². The molecule has 0 amide bonds. The van der Waals surface area contributed by atoms with Crippen LogP contribution in [0, 0.1) is 11.8 Å². The van der Waals surface area contributed by atoms with E-state index in [4.69, 9.17) is 5.11 Å². The van der Waals surface area contributed by atoms with Gasteiger partial charge in [0, 0.05) is 24.8 Å². The summed E-state index contributed by atoms with van der Waals surface area (Å²) in [7, 11) is 3.66. The monoisotopic (exact) mass is 134 g/mol. The van der Waals surface area contributed by atoms with Crippen molar-refractivity contribution in [3.05, 3.63) is 0 Å². The van der Waals surface area contributed by atoms with Crippen molar-refractivity contribution >= 4 is 24.8 Å². The van der Waals surface area contributed by atoms with Crippen molar-refractivity contribution in [2.24, 2.45) is 0 Å². The third-order valence-electron chi connectivity index (χ3n) is 0.591. The topological polar surface area (TPSA) is 40.5 Å². The second kappa shape index (κ2) is 6.70. The number of carbonyl (C=O) groups is 1. The van der Waals surface area contributed by atoms with Crippen LogP contribution >= 0.6 is 0 Å². The molecular weight excluding hydrogens is 125 g/mol. The molecule has 0 atom stereocenters. The van der Waals surface area contributed by atoms with E-state index in [9.17, 15) is 4.79 Å². The number of hydrogen-bond acceptors (Lipinski definition) is 2. The minimum atomic E-state index is -1.07. The number of nitrogens with zero attached hydrogens (tertiary/aromatic N) is 1. The molecule has 1 radical (unpaired) electrons. The maximum atomic E-state index is 9.79. The molecule has 0 saturated carbocycles. The molecule has 0 aromatic carbocycles. The first kappa shape index (κ1) is 12.3. The van der Waals surface area contributed by atoms with Gasteiger partial charge in [0.25, 0.3) is 0 Å². The third-order valence-corrected chi connectivity index (χ3v) is 0.591. The largest absolute Gasteiger partial charge is 0.472 e. The molecule has 0 saturated heterocycles. The zero-order valence-corrected chi connectivity index (χ0v) is 6.51. The van der Waals surface area contributed by atoms with E-state index in [1.165, 1.54) is 0 Å². The zero-order chi connectivity index (χ0) is 7.28. The van der Waals surface area contributed by atoms with E-state index >= 15 is 0 Å². The summed E-state index contributed by atoms with van der Waals surface area (Å²) >= 11 is 0. The van der Waals surface area contributed by atoms with Crippen LogP contribution in [0.3, 0.4) is 0 Å². The maximum Gasteiger partial charge on any atom is 0.381 e. The molecule has 0 aromatic heterocycles. The summed E-state index contributed by atoms with van der Waals surface area (Å²) in [5, 5.41) is 8.03. The first-order chi connectivity index (χ1) is 4.13. The van der Waals surface area contributed by atoms with Gasteiger partial charge in [0.05, 0.1) is 6.54 Å². The average Bonchev–Trinajstić information content (AvgIpc) is 1.63. The molecule has 0 fully saturated rings. The fourth-order valence-electron chi connectivity index (χ4n) is 0.273. The van der Waals surface area contributed by atoms with Crippen LogP contribution in [0.15, 0.2) is 0 Å². The summed E-state index contributed by atoms with van der Waals surface area (Å²) in [6.07, 6.45) is 0. The van der Waals surface area contributed by atoms with Crippen LogP contribution in [-0.2, 0) is 4.79 Å². The quantitative estimate of drug-likeness (QED) is 0.379. The van der Waals surface area contributed by atoms with Gasteiger partial charge in [-0.05, 0) is 14.1 Å². The van der Waals surface area contributed by atoms with Crippen LogP contribution < -0.4 is 0 Å². The molecule has 51 valence electrons. The van der Waals surface area contributed by atoms with E-state index in [1.807, 2.05) is 20.0 Å². The first-order valence-electron chi connectivity index (χ1n) is 2.49. The Labute approximate surface area is 72.6 Å². The van der Waals surface area contributed by atoms with Crippen molar-refractivity contribution in [1.29, 1.82) is 0 Å². The number of hydrogen-bond donors (Lipinski definition) is 1. The minimum absolute atomic E-state index is 0. The molecule has 4 heteroatoms. The Morgan fingerprint density at radius 1 is 1.60 bits per heavy atom. The van der Waals surface area contributed by atoms with Crippen LogP contribution in [0.1, 0.15) is 0 Å². The van der Waals surface area contributed by atoms with Crippen LogP contribution in [0.2, 0.25) is 0 Å². The number of carboxylic acids is 1. The van der Waals surface area contributed by atoms with Crippen LogP contribution in [0.4, 0.5) is 0 Å². The molecule has 1 N–H and O–H groups in total. The predicted octanol–water partition coefficient (Wildman–Crippen LogP) is -0.745. The Balaban J connectivity index is 0. The molecule has 0 aromatic rings. The molecular formula is C6H9LiNO2. The van der Waals surface area contributed by atoms with Gasteiger partial charge in [-0.2, -0.15) is 0 Å². The second-order valence-corrected chi connectivity index (χ2v) is 1.84. The molecule has 0 rings (SSSR count). The van der Waals surface area contributed by atoms with Gasteiger partial charge in [-0.1, -0.05) is 5.92 Å². The Morgan fingerprint density at radius 3 is 2.40 bits per heavy atom.